The number of nitrogens with zero attached hydrogens (tertiary/aromatic N) is 1. The molecule has 2 rings (SSSR count). The number of aliphatic hydroxyl groups excluding tert-OH is 1. The van der Waals surface area contributed by atoms with Gasteiger partial charge < -0.3 is 10.0 Å². The van der Waals surface area contributed by atoms with Gasteiger partial charge in [-0.2, -0.15) is 0 Å². The van der Waals surface area contributed by atoms with Gasteiger partial charge in [0.1, 0.15) is 0 Å². The Kier molecular flexibility index (Phi) is 4.84. The van der Waals surface area contributed by atoms with Gasteiger partial charge in [0, 0.05) is 18.1 Å². The normalized spacial score (nSPS) is 18.5. The number of likely N-dealkylation sites (tertiary alicyclic amines) is 1. The van der Waals surface area contributed by atoms with Crippen molar-refractivity contribution < 1.29 is 5.11 Å². The number of halogens is 1. The third kappa shape index (κ3) is 4.30. The predicted molar refractivity (Wildman–Crippen MR) is 71.5 cm³/mol. The maximum absolute atomic E-state index is 9.42. The molecule has 0 aliphatic carbocycles. The molecule has 0 spiro atoms. The molecular formula is C14H20ClNO. The van der Waals surface area contributed by atoms with Gasteiger partial charge in [0.05, 0.1) is 6.10 Å². The van der Waals surface area contributed by atoms with Crippen LogP contribution < -0.4 is 0 Å². The highest BCUT2D eigenvalue weighted by atomic mass is 35.5. The second-order valence-electron chi connectivity index (χ2n) is 4.80. The van der Waals surface area contributed by atoms with Gasteiger partial charge in [0.2, 0.25) is 0 Å². The molecule has 1 aromatic carbocycles. The Balaban J connectivity index is 1.67. The van der Waals surface area contributed by atoms with Gasteiger partial charge in [-0.1, -0.05) is 23.7 Å². The molecule has 0 saturated carbocycles. The van der Waals surface area contributed by atoms with Crippen LogP contribution in [0.2, 0.25) is 5.02 Å². The first-order valence-corrected chi connectivity index (χ1v) is 6.77. The van der Waals surface area contributed by atoms with E-state index in [9.17, 15) is 5.11 Å². The number of aryl methyl sites for hydroxylation is 1. The fraction of sp³-hybridized carbons (Fsp3) is 0.571. The van der Waals surface area contributed by atoms with Crippen LogP contribution in [0.5, 0.6) is 0 Å². The highest BCUT2D eigenvalue weighted by Gasteiger charge is 2.15. The number of hydrogen-bond donors (Lipinski definition) is 1. The van der Waals surface area contributed by atoms with Crippen LogP contribution in [0.15, 0.2) is 24.3 Å². The maximum atomic E-state index is 9.42. The van der Waals surface area contributed by atoms with Crippen LogP contribution in [0.3, 0.4) is 0 Å². The van der Waals surface area contributed by atoms with E-state index in [1.165, 1.54) is 12.0 Å². The zero-order valence-corrected chi connectivity index (χ0v) is 10.9. The summed E-state index contributed by atoms with van der Waals surface area (Å²) in [6, 6.07) is 8.10. The number of aliphatic hydroxyl groups is 1. The molecule has 0 aromatic heterocycles. The van der Waals surface area contributed by atoms with E-state index in [-0.39, 0.29) is 6.10 Å². The minimum Gasteiger partial charge on any atom is -0.393 e. The van der Waals surface area contributed by atoms with E-state index in [0.29, 0.717) is 0 Å². The topological polar surface area (TPSA) is 23.5 Å². The molecule has 0 bridgehead atoms. The molecule has 1 aliphatic heterocycles. The van der Waals surface area contributed by atoms with E-state index in [2.05, 4.69) is 17.0 Å². The van der Waals surface area contributed by atoms with Gasteiger partial charge in [-0.3, -0.25) is 0 Å². The summed E-state index contributed by atoms with van der Waals surface area (Å²) in [5.41, 5.74) is 1.35. The largest absolute Gasteiger partial charge is 0.393 e. The minimum absolute atomic E-state index is 0.0671. The molecule has 17 heavy (non-hydrogen) atoms. The van der Waals surface area contributed by atoms with Crippen molar-refractivity contribution in [1.29, 1.82) is 0 Å². The highest BCUT2D eigenvalue weighted by Crippen LogP contribution is 2.13. The first-order chi connectivity index (χ1) is 8.24. The molecule has 1 saturated heterocycles. The second-order valence-corrected chi connectivity index (χ2v) is 5.24. The van der Waals surface area contributed by atoms with Crippen molar-refractivity contribution in [2.75, 3.05) is 19.6 Å². The van der Waals surface area contributed by atoms with Crippen molar-refractivity contribution in [2.45, 2.75) is 31.8 Å². The molecule has 0 atom stereocenters. The van der Waals surface area contributed by atoms with Crippen molar-refractivity contribution >= 4 is 11.6 Å². The number of piperidine rings is 1. The molecule has 2 nitrogen and oxygen atoms in total. The molecule has 0 radical (unpaired) electrons. The average molecular weight is 254 g/mol. The fourth-order valence-corrected chi connectivity index (χ4v) is 2.43. The van der Waals surface area contributed by atoms with Crippen molar-refractivity contribution in [3.05, 3.63) is 34.9 Å². The zero-order valence-electron chi connectivity index (χ0n) is 10.1. The summed E-state index contributed by atoms with van der Waals surface area (Å²) in [6.07, 6.45) is 4.08. The Hall–Kier alpha value is -0.570. The van der Waals surface area contributed by atoms with Gasteiger partial charge >= 0.3 is 0 Å². The summed E-state index contributed by atoms with van der Waals surface area (Å²) in [4.78, 5) is 2.45. The van der Waals surface area contributed by atoms with E-state index in [0.717, 1.165) is 43.9 Å². The van der Waals surface area contributed by atoms with E-state index in [4.69, 9.17) is 11.6 Å². The molecule has 1 aromatic rings. The zero-order chi connectivity index (χ0) is 12.1. The quantitative estimate of drug-likeness (QED) is 0.892. The molecule has 1 fully saturated rings. The second kappa shape index (κ2) is 6.39. The lowest BCUT2D eigenvalue weighted by molar-refractivity contribution is 0.0821. The molecule has 1 N–H and O–H groups in total. The summed E-state index contributed by atoms with van der Waals surface area (Å²) in [6.45, 7) is 3.22. The van der Waals surface area contributed by atoms with Gasteiger partial charge in [-0.15, -0.1) is 0 Å². The van der Waals surface area contributed by atoms with Gasteiger partial charge in [-0.05, 0) is 49.9 Å². The summed E-state index contributed by atoms with van der Waals surface area (Å²) in [7, 11) is 0. The van der Waals surface area contributed by atoms with E-state index in [1.807, 2.05) is 12.1 Å². The monoisotopic (exact) mass is 253 g/mol. The SMILES string of the molecule is OC1CCN(CCCc2ccc(Cl)cc2)CC1. The first-order valence-electron chi connectivity index (χ1n) is 6.39. The lowest BCUT2D eigenvalue weighted by Gasteiger charge is -2.29. The first kappa shape index (κ1) is 12.9. The van der Waals surface area contributed by atoms with Gasteiger partial charge in [-0.25, -0.2) is 0 Å². The third-order valence-electron chi connectivity index (χ3n) is 3.41. The number of rotatable bonds is 4. The van der Waals surface area contributed by atoms with E-state index in [1.54, 1.807) is 0 Å². The molecule has 3 heteroatoms. The van der Waals surface area contributed by atoms with Crippen LogP contribution in [0.4, 0.5) is 0 Å². The van der Waals surface area contributed by atoms with E-state index >= 15 is 0 Å². The van der Waals surface area contributed by atoms with Crippen molar-refractivity contribution in [3.63, 3.8) is 0 Å². The lowest BCUT2D eigenvalue weighted by atomic mass is 10.1. The van der Waals surface area contributed by atoms with Crippen LogP contribution in [0.25, 0.3) is 0 Å². The Labute approximate surface area is 108 Å². The number of hydrogen-bond acceptors (Lipinski definition) is 2. The molecule has 94 valence electrons. The summed E-state index contributed by atoms with van der Waals surface area (Å²) in [5, 5.41) is 10.2. The lowest BCUT2D eigenvalue weighted by Crippen LogP contribution is -2.36. The Bertz CT molecular complexity index is 331. The van der Waals surface area contributed by atoms with Gasteiger partial charge in [0.15, 0.2) is 0 Å². The Morgan fingerprint density at radius 3 is 2.47 bits per heavy atom. The van der Waals surface area contributed by atoms with Crippen LogP contribution in [-0.4, -0.2) is 35.7 Å². The maximum Gasteiger partial charge on any atom is 0.0564 e. The molecule has 1 aliphatic rings. The average Bonchev–Trinajstić information content (AvgIpc) is 2.34. The van der Waals surface area contributed by atoms with Crippen LogP contribution in [0, 0.1) is 0 Å². The number of benzene rings is 1. The van der Waals surface area contributed by atoms with Crippen molar-refractivity contribution in [3.8, 4) is 0 Å². The van der Waals surface area contributed by atoms with Crippen molar-refractivity contribution in [2.24, 2.45) is 0 Å². The summed E-state index contributed by atoms with van der Waals surface area (Å²) < 4.78 is 0. The van der Waals surface area contributed by atoms with E-state index < -0.39 is 0 Å². The summed E-state index contributed by atoms with van der Waals surface area (Å²) >= 11 is 5.85. The summed E-state index contributed by atoms with van der Waals surface area (Å²) in [5.74, 6) is 0. The van der Waals surface area contributed by atoms with Crippen LogP contribution >= 0.6 is 11.6 Å². The standard InChI is InChI=1S/C14H20ClNO/c15-13-5-3-12(4-6-13)2-1-9-16-10-7-14(17)8-11-16/h3-6,14,17H,1-2,7-11H2. The fourth-order valence-electron chi connectivity index (χ4n) is 2.30. The van der Waals surface area contributed by atoms with Crippen LogP contribution in [-0.2, 0) is 6.42 Å². The molecular weight excluding hydrogens is 234 g/mol. The van der Waals surface area contributed by atoms with Crippen LogP contribution in [0.1, 0.15) is 24.8 Å². The molecule has 1 heterocycles. The highest BCUT2D eigenvalue weighted by molar-refractivity contribution is 6.30. The Morgan fingerprint density at radius 2 is 1.82 bits per heavy atom. The van der Waals surface area contributed by atoms with Gasteiger partial charge in [0.25, 0.3) is 0 Å². The Morgan fingerprint density at radius 1 is 1.18 bits per heavy atom. The molecule has 0 unspecified atom stereocenters. The van der Waals surface area contributed by atoms with Crippen molar-refractivity contribution in [1.82, 2.24) is 4.90 Å². The smallest absolute Gasteiger partial charge is 0.0564 e. The predicted octanol–water partition coefficient (Wildman–Crippen LogP) is 2.73. The molecule has 0 amide bonds. The minimum atomic E-state index is -0.0671. The third-order valence-corrected chi connectivity index (χ3v) is 3.66.